The smallest absolute Gasteiger partial charge is 0.306 e. The van der Waals surface area contributed by atoms with Gasteiger partial charge in [-0.1, -0.05) is 161 Å². The molecule has 4 unspecified atom stereocenters. The summed E-state index contributed by atoms with van der Waals surface area (Å²) in [6.45, 7) is 5.34. The van der Waals surface area contributed by atoms with Crippen molar-refractivity contribution in [3.8, 4) is 0 Å². The molecule has 3 saturated carbocycles. The van der Waals surface area contributed by atoms with Gasteiger partial charge in [0.1, 0.15) is 19.8 Å². The molecule has 0 aromatic rings. The van der Waals surface area contributed by atoms with Crippen LogP contribution in [0.1, 0.15) is 220 Å². The first kappa shape index (κ1) is 56.2. The predicted octanol–water partition coefficient (Wildman–Crippen LogP) is 10.9. The summed E-state index contributed by atoms with van der Waals surface area (Å²) < 4.78 is 21.8. The van der Waals surface area contributed by atoms with Crippen LogP contribution in [0.15, 0.2) is 23.8 Å². The van der Waals surface area contributed by atoms with Crippen LogP contribution in [0.3, 0.4) is 0 Å². The van der Waals surface area contributed by atoms with E-state index in [4.69, 9.17) is 18.9 Å². The number of ketones is 2. The lowest BCUT2D eigenvalue weighted by Crippen LogP contribution is -2.60. The molecule has 0 heterocycles. The third-order valence-electron chi connectivity index (χ3n) is 15.4. The van der Waals surface area contributed by atoms with Gasteiger partial charge in [0.25, 0.3) is 0 Å². The third kappa shape index (κ3) is 18.5. The Kier molecular flexibility index (Phi) is 25.4. The molecule has 0 aromatic carbocycles. The number of fused-ring (bicyclic) bond motifs is 5. The quantitative estimate of drug-likeness (QED) is 0.0349. The minimum absolute atomic E-state index is 0.0218. The van der Waals surface area contributed by atoms with E-state index in [2.05, 4.69) is 13.8 Å². The molecule has 0 radical (unpaired) electrons. The molecular formula is C55H88O12. The molecule has 8 atom stereocenters. The molecule has 0 aliphatic heterocycles. The van der Waals surface area contributed by atoms with Gasteiger partial charge in [-0.25, -0.2) is 0 Å². The third-order valence-corrected chi connectivity index (χ3v) is 15.4. The van der Waals surface area contributed by atoms with Crippen LogP contribution >= 0.6 is 0 Å². The van der Waals surface area contributed by atoms with Crippen LogP contribution in [0.5, 0.6) is 0 Å². The molecule has 12 heteroatoms. The number of aliphatic hydroxyl groups is 2. The number of carbonyl (C=O) groups is 6. The highest BCUT2D eigenvalue weighted by Gasteiger charge is 2.64. The molecule has 12 nitrogen and oxygen atoms in total. The lowest BCUT2D eigenvalue weighted by Gasteiger charge is -2.57. The molecule has 4 rings (SSSR count). The summed E-state index contributed by atoms with van der Waals surface area (Å²) in [7, 11) is 0. The van der Waals surface area contributed by atoms with E-state index in [-0.39, 0.29) is 68.9 Å². The minimum Gasteiger partial charge on any atom is -0.462 e. The molecule has 0 saturated heterocycles. The average molecular weight is 941 g/mol. The van der Waals surface area contributed by atoms with Crippen molar-refractivity contribution < 1.29 is 57.9 Å². The van der Waals surface area contributed by atoms with Crippen LogP contribution in [0.4, 0.5) is 0 Å². The van der Waals surface area contributed by atoms with Gasteiger partial charge in [0.2, 0.25) is 0 Å². The van der Waals surface area contributed by atoms with Crippen molar-refractivity contribution in [3.05, 3.63) is 23.8 Å². The largest absolute Gasteiger partial charge is 0.462 e. The predicted molar refractivity (Wildman–Crippen MR) is 257 cm³/mol. The highest BCUT2D eigenvalue weighted by Crippen LogP contribution is 2.63. The monoisotopic (exact) mass is 941 g/mol. The van der Waals surface area contributed by atoms with Gasteiger partial charge >= 0.3 is 23.9 Å². The van der Waals surface area contributed by atoms with E-state index >= 15 is 0 Å². The number of esters is 4. The lowest BCUT2D eigenvalue weighted by atomic mass is 9.49. The van der Waals surface area contributed by atoms with Crippen LogP contribution < -0.4 is 0 Å². The molecule has 4 aliphatic rings. The van der Waals surface area contributed by atoms with Gasteiger partial charge in [-0.05, 0) is 62.5 Å². The van der Waals surface area contributed by atoms with Gasteiger partial charge in [-0.15, -0.1) is 0 Å². The van der Waals surface area contributed by atoms with Crippen molar-refractivity contribution in [2.24, 2.45) is 29.1 Å². The Labute approximate surface area is 402 Å². The van der Waals surface area contributed by atoms with Gasteiger partial charge in [-0.3, -0.25) is 28.8 Å². The zero-order chi connectivity index (χ0) is 48.5. The maximum Gasteiger partial charge on any atom is 0.306 e. The van der Waals surface area contributed by atoms with E-state index in [9.17, 15) is 39.0 Å². The first-order chi connectivity index (χ1) is 32.3. The number of Topliss-reactive ketones (excluding diaryl/α,β-unsaturated/α-hetero) is 1. The van der Waals surface area contributed by atoms with Crippen LogP contribution in [0.2, 0.25) is 0 Å². The fourth-order valence-electron chi connectivity index (χ4n) is 11.6. The Morgan fingerprint density at radius 3 is 1.66 bits per heavy atom. The second-order valence-electron chi connectivity index (χ2n) is 20.6. The molecule has 67 heavy (non-hydrogen) atoms. The molecule has 380 valence electrons. The van der Waals surface area contributed by atoms with Crippen molar-refractivity contribution >= 4 is 35.4 Å². The lowest BCUT2D eigenvalue weighted by molar-refractivity contribution is -0.176. The maximum absolute atomic E-state index is 13.5. The summed E-state index contributed by atoms with van der Waals surface area (Å²) >= 11 is 0. The Morgan fingerprint density at radius 1 is 0.642 bits per heavy atom. The molecular weight excluding hydrogens is 853 g/mol. The zero-order valence-electron chi connectivity index (χ0n) is 41.7. The van der Waals surface area contributed by atoms with Crippen molar-refractivity contribution in [1.29, 1.82) is 0 Å². The van der Waals surface area contributed by atoms with E-state index < -0.39 is 65.4 Å². The normalized spacial score (nSPS) is 25.6. The molecule has 4 aliphatic carbocycles. The number of unbranched alkanes of at least 4 members (excludes halogenated alkanes) is 20. The van der Waals surface area contributed by atoms with Crippen LogP contribution in [0.25, 0.3) is 0 Å². The highest BCUT2D eigenvalue weighted by molar-refractivity contribution is 6.01. The van der Waals surface area contributed by atoms with E-state index in [0.29, 0.717) is 38.5 Å². The molecule has 0 aromatic heterocycles. The van der Waals surface area contributed by atoms with Gasteiger partial charge in [0.15, 0.2) is 17.7 Å². The summed E-state index contributed by atoms with van der Waals surface area (Å²) in [6, 6.07) is 0. The Balaban J connectivity index is 1.16. The van der Waals surface area contributed by atoms with Crippen molar-refractivity contribution in [2.75, 3.05) is 19.8 Å². The van der Waals surface area contributed by atoms with Crippen molar-refractivity contribution in [3.63, 3.8) is 0 Å². The molecule has 3 fully saturated rings. The van der Waals surface area contributed by atoms with Gasteiger partial charge < -0.3 is 29.2 Å². The Bertz CT molecular complexity index is 1620. The summed E-state index contributed by atoms with van der Waals surface area (Å²) in [6.07, 6.45) is 30.9. The number of hydrogen-bond acceptors (Lipinski definition) is 12. The van der Waals surface area contributed by atoms with Crippen LogP contribution in [0, 0.1) is 29.1 Å². The zero-order valence-corrected chi connectivity index (χ0v) is 41.7. The number of rotatable bonds is 35. The number of ether oxygens (including phenoxy) is 4. The number of carbonyl (C=O) groups excluding carboxylic acids is 6. The summed E-state index contributed by atoms with van der Waals surface area (Å²) in [5, 5.41) is 23.5. The average Bonchev–Trinajstić information content (AvgIpc) is 3.65. The SMILES string of the molecule is CCCCCCCCCCCCCC(=O)OCC(COC(=O)CCC(=O)OCC(=O)[C@H]1CCC2[C@@H]3CCC4=CC(=O)C=C[C@]4(C)C3C(O)C[C@@]21O)OC(=O)CCCCCCCCCCCCC. The number of hydrogen-bond donors (Lipinski definition) is 2. The van der Waals surface area contributed by atoms with Gasteiger partial charge in [0.05, 0.1) is 30.5 Å². The molecule has 0 bridgehead atoms. The standard InChI is InChI=1S/C55H88O12/c1-4-6-8-10-12-14-16-18-20-22-24-26-49(59)64-38-43(67-52(62)27-25-23-21-19-17-15-13-11-9-7-5-2)39-65-50(60)32-33-51(61)66-40-48(58)46-31-30-45-44-29-28-41-36-42(56)34-35-54(41,3)53(44)47(57)37-55(45,46)63/h34-36,43-47,53,57,63H,4-33,37-40H2,1-3H3/t43?,44-,45?,46+,47?,53?,54-,55+/m0/s1. The number of allylic oxidation sites excluding steroid dienone is 4. The van der Waals surface area contributed by atoms with Crippen LogP contribution in [-0.4, -0.2) is 83.3 Å². The summed E-state index contributed by atoms with van der Waals surface area (Å²) in [4.78, 5) is 76.6. The second-order valence-corrected chi connectivity index (χ2v) is 20.6. The summed E-state index contributed by atoms with van der Waals surface area (Å²) in [5.74, 6) is -4.08. The van der Waals surface area contributed by atoms with E-state index in [0.717, 1.165) is 44.1 Å². The molecule has 0 amide bonds. The topological polar surface area (TPSA) is 180 Å². The van der Waals surface area contributed by atoms with Gasteiger partial charge in [0, 0.05) is 30.6 Å². The first-order valence-electron chi connectivity index (χ1n) is 26.9. The minimum atomic E-state index is -1.44. The molecule has 0 spiro atoms. The van der Waals surface area contributed by atoms with E-state index in [1.807, 2.05) is 13.0 Å². The first-order valence-corrected chi connectivity index (χ1v) is 26.9. The summed E-state index contributed by atoms with van der Waals surface area (Å²) in [5.41, 5.74) is -0.925. The van der Waals surface area contributed by atoms with E-state index in [1.54, 1.807) is 12.2 Å². The van der Waals surface area contributed by atoms with Crippen LogP contribution in [-0.2, 0) is 47.7 Å². The molecule has 2 N–H and O–H groups in total. The number of aliphatic hydroxyl groups excluding tert-OH is 1. The fourth-order valence-corrected chi connectivity index (χ4v) is 11.6. The fraction of sp³-hybridized carbons (Fsp3) is 0.818. The van der Waals surface area contributed by atoms with Gasteiger partial charge in [-0.2, -0.15) is 0 Å². The second kappa shape index (κ2) is 30.3. The Morgan fingerprint density at radius 2 is 1.12 bits per heavy atom. The Hall–Kier alpha value is -3.38. The maximum atomic E-state index is 13.5. The van der Waals surface area contributed by atoms with Crippen molar-refractivity contribution in [2.45, 2.75) is 238 Å². The van der Waals surface area contributed by atoms with E-state index in [1.165, 1.54) is 89.9 Å². The highest BCUT2D eigenvalue weighted by atomic mass is 16.6. The van der Waals surface area contributed by atoms with Crippen molar-refractivity contribution in [1.82, 2.24) is 0 Å².